The van der Waals surface area contributed by atoms with Crippen molar-refractivity contribution >= 4 is 37.4 Å². The van der Waals surface area contributed by atoms with Gasteiger partial charge < -0.3 is 0 Å². The Morgan fingerprint density at radius 1 is 0.939 bits per heavy atom. The molecule has 0 aliphatic carbocycles. The quantitative estimate of drug-likeness (QED) is 0.337. The fourth-order valence-electron chi connectivity index (χ4n) is 3.59. The van der Waals surface area contributed by atoms with Crippen molar-refractivity contribution in [1.29, 1.82) is 0 Å². The maximum absolute atomic E-state index is 13.2. The molecule has 0 saturated carbocycles. The maximum atomic E-state index is 13.2. The fraction of sp³-hybridized carbons (Fsp3) is 0.316. The third kappa shape index (κ3) is 3.67. The van der Waals surface area contributed by atoms with E-state index in [1.807, 2.05) is 0 Å². The predicted molar refractivity (Wildman–Crippen MR) is 107 cm³/mol. The standard InChI is InChI=1S/C19H13F6N7S/c1-8-5-10(18(20,21)22)27-17-13(8)14-15(33-17)16-28-12(30-32(16)7-26-14)3-4-31-9(2)6-11(29-31)19(23,24)25/h5-7H,3-4H2,1-2H3. The summed E-state index contributed by atoms with van der Waals surface area (Å²) in [6, 6.07) is 1.95. The van der Waals surface area contributed by atoms with Gasteiger partial charge in [-0.3, -0.25) is 4.68 Å². The van der Waals surface area contributed by atoms with Gasteiger partial charge in [-0.2, -0.15) is 31.4 Å². The Balaban J connectivity index is 1.53. The molecule has 0 bridgehead atoms. The molecule has 5 heterocycles. The van der Waals surface area contributed by atoms with E-state index in [4.69, 9.17) is 0 Å². The van der Waals surface area contributed by atoms with E-state index in [0.29, 0.717) is 38.3 Å². The highest BCUT2D eigenvalue weighted by molar-refractivity contribution is 7.26. The number of fused-ring (bicyclic) bond motifs is 5. The van der Waals surface area contributed by atoms with E-state index in [1.165, 1.54) is 22.4 Å². The summed E-state index contributed by atoms with van der Waals surface area (Å²) >= 11 is 1.03. The van der Waals surface area contributed by atoms with Gasteiger partial charge in [0, 0.05) is 24.0 Å². The first kappa shape index (κ1) is 21.6. The van der Waals surface area contributed by atoms with Crippen molar-refractivity contribution in [2.75, 3.05) is 0 Å². The van der Waals surface area contributed by atoms with Crippen molar-refractivity contribution in [3.05, 3.63) is 46.9 Å². The normalized spacial score (nSPS) is 13.1. The number of halogens is 6. The smallest absolute Gasteiger partial charge is 0.269 e. The van der Waals surface area contributed by atoms with Crippen molar-refractivity contribution < 1.29 is 26.3 Å². The minimum atomic E-state index is -4.57. The van der Waals surface area contributed by atoms with Crippen LogP contribution in [0.3, 0.4) is 0 Å². The monoisotopic (exact) mass is 485 g/mol. The molecule has 0 unspecified atom stereocenters. The van der Waals surface area contributed by atoms with Gasteiger partial charge in [0.05, 0.1) is 5.52 Å². The average Bonchev–Trinajstić information content (AvgIpc) is 3.38. The van der Waals surface area contributed by atoms with Crippen LogP contribution in [0.1, 0.15) is 28.5 Å². The second-order valence-electron chi connectivity index (χ2n) is 7.46. The zero-order valence-corrected chi connectivity index (χ0v) is 17.8. The van der Waals surface area contributed by atoms with E-state index in [-0.39, 0.29) is 17.8 Å². The molecular formula is C19H13F6N7S. The molecular weight excluding hydrogens is 472 g/mol. The molecule has 172 valence electrons. The van der Waals surface area contributed by atoms with E-state index < -0.39 is 23.7 Å². The van der Waals surface area contributed by atoms with Gasteiger partial charge in [-0.1, -0.05) is 0 Å². The summed E-state index contributed by atoms with van der Waals surface area (Å²) in [5, 5.41) is 8.40. The summed E-state index contributed by atoms with van der Waals surface area (Å²) < 4.78 is 81.2. The molecule has 5 aromatic rings. The number of aryl methyl sites for hydroxylation is 4. The highest BCUT2D eigenvalue weighted by atomic mass is 32.1. The van der Waals surface area contributed by atoms with Crippen LogP contribution in [0.2, 0.25) is 0 Å². The minimum Gasteiger partial charge on any atom is -0.269 e. The molecule has 0 spiro atoms. The van der Waals surface area contributed by atoms with Crippen LogP contribution in [-0.2, 0) is 25.3 Å². The molecule has 0 N–H and O–H groups in total. The third-order valence-corrected chi connectivity index (χ3v) is 6.19. The van der Waals surface area contributed by atoms with Gasteiger partial charge in [0.15, 0.2) is 17.2 Å². The van der Waals surface area contributed by atoms with Crippen molar-refractivity contribution in [2.24, 2.45) is 0 Å². The Labute approximate surface area is 184 Å². The first-order chi connectivity index (χ1) is 15.4. The molecule has 0 radical (unpaired) electrons. The SMILES string of the molecule is Cc1cc(C(F)(F)F)nc2sc3c(ncn4nc(CCn5nc(C(F)(F)F)cc5C)nc34)c12. The summed E-state index contributed by atoms with van der Waals surface area (Å²) in [5.41, 5.74) is -0.353. The average molecular weight is 485 g/mol. The Kier molecular flexibility index (Phi) is 4.64. The van der Waals surface area contributed by atoms with Gasteiger partial charge in [-0.05, 0) is 31.5 Å². The highest BCUT2D eigenvalue weighted by Gasteiger charge is 2.35. The summed E-state index contributed by atoms with van der Waals surface area (Å²) in [6.07, 6.45) is -7.51. The Morgan fingerprint density at radius 2 is 1.67 bits per heavy atom. The number of rotatable bonds is 3. The number of nitrogens with zero attached hydrogens (tertiary/aromatic N) is 7. The first-order valence-corrected chi connectivity index (χ1v) is 10.4. The van der Waals surface area contributed by atoms with Crippen LogP contribution in [0, 0.1) is 13.8 Å². The molecule has 0 amide bonds. The Bertz CT molecular complexity index is 1530. The number of pyridine rings is 1. The van der Waals surface area contributed by atoms with Crippen LogP contribution in [0.15, 0.2) is 18.5 Å². The van der Waals surface area contributed by atoms with Crippen LogP contribution in [0.25, 0.3) is 26.1 Å². The number of alkyl halides is 6. The van der Waals surface area contributed by atoms with Crippen molar-refractivity contribution in [1.82, 2.24) is 34.3 Å². The number of aromatic nitrogens is 7. The van der Waals surface area contributed by atoms with E-state index in [0.717, 1.165) is 23.5 Å². The number of hydrogen-bond donors (Lipinski definition) is 0. The Morgan fingerprint density at radius 3 is 2.33 bits per heavy atom. The maximum Gasteiger partial charge on any atom is 0.435 e. The van der Waals surface area contributed by atoms with Crippen LogP contribution in [0.4, 0.5) is 26.3 Å². The lowest BCUT2D eigenvalue weighted by Crippen LogP contribution is -2.10. The lowest BCUT2D eigenvalue weighted by Gasteiger charge is -2.06. The lowest BCUT2D eigenvalue weighted by atomic mass is 10.1. The van der Waals surface area contributed by atoms with Gasteiger partial charge in [0.25, 0.3) is 0 Å². The van der Waals surface area contributed by atoms with Crippen LogP contribution < -0.4 is 0 Å². The van der Waals surface area contributed by atoms with Gasteiger partial charge >= 0.3 is 12.4 Å². The van der Waals surface area contributed by atoms with Gasteiger partial charge in [-0.25, -0.2) is 19.5 Å². The van der Waals surface area contributed by atoms with E-state index >= 15 is 0 Å². The second kappa shape index (κ2) is 7.10. The molecule has 0 saturated heterocycles. The van der Waals surface area contributed by atoms with Gasteiger partial charge in [-0.15, -0.1) is 16.4 Å². The molecule has 0 aliphatic heterocycles. The van der Waals surface area contributed by atoms with Crippen LogP contribution in [-0.4, -0.2) is 34.3 Å². The first-order valence-electron chi connectivity index (χ1n) is 9.55. The van der Waals surface area contributed by atoms with Gasteiger partial charge in [0.1, 0.15) is 21.6 Å². The molecule has 7 nitrogen and oxygen atoms in total. The van der Waals surface area contributed by atoms with E-state index in [1.54, 1.807) is 6.92 Å². The molecule has 5 rings (SSSR count). The number of hydrogen-bond acceptors (Lipinski definition) is 6. The van der Waals surface area contributed by atoms with E-state index in [9.17, 15) is 26.3 Å². The van der Waals surface area contributed by atoms with Crippen LogP contribution >= 0.6 is 11.3 Å². The minimum absolute atomic E-state index is 0.122. The Hall–Kier alpha value is -3.29. The van der Waals surface area contributed by atoms with Crippen molar-refractivity contribution in [2.45, 2.75) is 39.2 Å². The molecule has 0 fully saturated rings. The molecule has 0 atom stereocenters. The van der Waals surface area contributed by atoms with Crippen molar-refractivity contribution in [3.63, 3.8) is 0 Å². The molecule has 0 aliphatic rings. The summed E-state index contributed by atoms with van der Waals surface area (Å²) in [6.45, 7) is 3.21. The second-order valence-corrected chi connectivity index (χ2v) is 8.46. The predicted octanol–water partition coefficient (Wildman–Crippen LogP) is 4.98. The van der Waals surface area contributed by atoms with Gasteiger partial charge in [0.2, 0.25) is 0 Å². The highest BCUT2D eigenvalue weighted by Crippen LogP contribution is 2.38. The zero-order valence-electron chi connectivity index (χ0n) is 17.0. The summed E-state index contributed by atoms with van der Waals surface area (Å²) in [5.74, 6) is 0.339. The summed E-state index contributed by atoms with van der Waals surface area (Å²) in [4.78, 5) is 12.7. The molecule has 5 aromatic heterocycles. The largest absolute Gasteiger partial charge is 0.435 e. The lowest BCUT2D eigenvalue weighted by molar-refractivity contribution is -0.142. The fourth-order valence-corrected chi connectivity index (χ4v) is 4.76. The topological polar surface area (TPSA) is 73.8 Å². The summed E-state index contributed by atoms with van der Waals surface area (Å²) in [7, 11) is 0. The zero-order chi connectivity index (χ0) is 23.7. The van der Waals surface area contributed by atoms with Crippen LogP contribution in [0.5, 0.6) is 0 Å². The molecule has 0 aromatic carbocycles. The van der Waals surface area contributed by atoms with E-state index in [2.05, 4.69) is 25.1 Å². The number of thiophene rings is 1. The molecule has 14 heteroatoms. The molecule has 33 heavy (non-hydrogen) atoms. The van der Waals surface area contributed by atoms with Crippen molar-refractivity contribution in [3.8, 4) is 0 Å². The third-order valence-electron chi connectivity index (χ3n) is 5.12.